The molecular weight excluding hydrogens is 222 g/mol. The smallest absolute Gasteiger partial charge is 0.0804 e. The van der Waals surface area contributed by atoms with E-state index < -0.39 is 0 Å². The largest absolute Gasteiger partial charge is 0.388 e. The predicted octanol–water partition coefficient (Wildman–Crippen LogP) is 3.40. The standard InChI is InChI=1S/C16H27NO/c1-13(2)9-11-17(4)12-10-16(18)15-8-6-5-7-14(15)3/h5-8,13,16,18H,9-12H2,1-4H3. The van der Waals surface area contributed by atoms with E-state index in [2.05, 4.69) is 38.8 Å². The molecule has 102 valence electrons. The number of aryl methyl sites for hydroxylation is 1. The molecule has 2 heteroatoms. The van der Waals surface area contributed by atoms with Crippen molar-refractivity contribution in [2.45, 2.75) is 39.7 Å². The van der Waals surface area contributed by atoms with Gasteiger partial charge in [-0.2, -0.15) is 0 Å². The predicted molar refractivity (Wildman–Crippen MR) is 77.7 cm³/mol. The Labute approximate surface area is 112 Å². The van der Waals surface area contributed by atoms with Gasteiger partial charge in [-0.15, -0.1) is 0 Å². The molecule has 0 fully saturated rings. The van der Waals surface area contributed by atoms with E-state index >= 15 is 0 Å². The summed E-state index contributed by atoms with van der Waals surface area (Å²) in [6.07, 6.45) is 1.68. The quantitative estimate of drug-likeness (QED) is 0.800. The van der Waals surface area contributed by atoms with Gasteiger partial charge in [-0.05, 0) is 50.4 Å². The third-order valence-corrected chi connectivity index (χ3v) is 3.42. The number of hydrogen-bond acceptors (Lipinski definition) is 2. The van der Waals surface area contributed by atoms with Gasteiger partial charge in [0.2, 0.25) is 0 Å². The molecule has 0 aliphatic heterocycles. The number of rotatable bonds is 7. The van der Waals surface area contributed by atoms with Crippen LogP contribution >= 0.6 is 0 Å². The van der Waals surface area contributed by atoms with E-state index in [0.717, 1.165) is 31.0 Å². The molecule has 0 heterocycles. The Bertz CT molecular complexity index is 349. The zero-order valence-electron chi connectivity index (χ0n) is 12.2. The maximum Gasteiger partial charge on any atom is 0.0804 e. The van der Waals surface area contributed by atoms with E-state index in [-0.39, 0.29) is 6.10 Å². The molecule has 0 saturated heterocycles. The molecule has 2 nitrogen and oxygen atoms in total. The minimum Gasteiger partial charge on any atom is -0.388 e. The minimum absolute atomic E-state index is 0.340. The van der Waals surface area contributed by atoms with Gasteiger partial charge in [0.25, 0.3) is 0 Å². The number of aliphatic hydroxyl groups excluding tert-OH is 1. The van der Waals surface area contributed by atoms with Crippen molar-refractivity contribution in [3.8, 4) is 0 Å². The first-order chi connectivity index (χ1) is 8.50. The van der Waals surface area contributed by atoms with Crippen LogP contribution in [0, 0.1) is 12.8 Å². The lowest BCUT2D eigenvalue weighted by atomic mass is 10.0. The fourth-order valence-electron chi connectivity index (χ4n) is 2.05. The summed E-state index contributed by atoms with van der Waals surface area (Å²) in [6.45, 7) is 8.60. The van der Waals surface area contributed by atoms with E-state index in [9.17, 15) is 5.11 Å². The molecule has 0 radical (unpaired) electrons. The number of benzene rings is 1. The van der Waals surface area contributed by atoms with Crippen molar-refractivity contribution in [1.82, 2.24) is 4.90 Å². The van der Waals surface area contributed by atoms with E-state index in [1.54, 1.807) is 0 Å². The van der Waals surface area contributed by atoms with E-state index in [4.69, 9.17) is 0 Å². The average molecular weight is 249 g/mol. The Balaban J connectivity index is 2.37. The number of hydrogen-bond donors (Lipinski definition) is 1. The van der Waals surface area contributed by atoms with Crippen LogP contribution in [0.4, 0.5) is 0 Å². The van der Waals surface area contributed by atoms with Gasteiger partial charge in [-0.25, -0.2) is 0 Å². The monoisotopic (exact) mass is 249 g/mol. The summed E-state index contributed by atoms with van der Waals surface area (Å²) < 4.78 is 0. The highest BCUT2D eigenvalue weighted by Gasteiger charge is 2.10. The summed E-state index contributed by atoms with van der Waals surface area (Å²) in [5.74, 6) is 0.744. The van der Waals surface area contributed by atoms with Crippen LogP contribution < -0.4 is 0 Å². The van der Waals surface area contributed by atoms with Crippen LogP contribution in [-0.2, 0) is 0 Å². The molecule has 1 aromatic carbocycles. The molecule has 1 atom stereocenters. The van der Waals surface area contributed by atoms with Gasteiger partial charge in [0.15, 0.2) is 0 Å². The SMILES string of the molecule is Cc1ccccc1C(O)CCN(C)CCC(C)C. The fourth-order valence-corrected chi connectivity index (χ4v) is 2.05. The van der Waals surface area contributed by atoms with Crippen molar-refractivity contribution in [2.75, 3.05) is 20.1 Å². The topological polar surface area (TPSA) is 23.5 Å². The summed E-state index contributed by atoms with van der Waals surface area (Å²) in [7, 11) is 2.13. The molecule has 0 spiro atoms. The van der Waals surface area contributed by atoms with Gasteiger partial charge in [0, 0.05) is 6.54 Å². The Morgan fingerprint density at radius 2 is 1.72 bits per heavy atom. The van der Waals surface area contributed by atoms with Crippen LogP contribution in [0.2, 0.25) is 0 Å². The molecule has 0 aromatic heterocycles. The molecule has 0 aliphatic carbocycles. The van der Waals surface area contributed by atoms with Crippen molar-refractivity contribution >= 4 is 0 Å². The lowest BCUT2D eigenvalue weighted by molar-refractivity contribution is 0.147. The van der Waals surface area contributed by atoms with E-state index in [1.807, 2.05) is 18.2 Å². The Morgan fingerprint density at radius 3 is 2.33 bits per heavy atom. The summed E-state index contributed by atoms with van der Waals surface area (Å²) in [6, 6.07) is 8.09. The normalized spacial score (nSPS) is 13.3. The first-order valence-electron chi connectivity index (χ1n) is 6.93. The first-order valence-corrected chi connectivity index (χ1v) is 6.93. The summed E-state index contributed by atoms with van der Waals surface area (Å²) in [5, 5.41) is 10.2. The lowest BCUT2D eigenvalue weighted by Crippen LogP contribution is -2.23. The molecule has 1 rings (SSSR count). The van der Waals surface area contributed by atoms with Crippen LogP contribution in [0.25, 0.3) is 0 Å². The first kappa shape index (κ1) is 15.2. The molecule has 0 amide bonds. The lowest BCUT2D eigenvalue weighted by Gasteiger charge is -2.20. The van der Waals surface area contributed by atoms with E-state index in [0.29, 0.717) is 0 Å². The zero-order chi connectivity index (χ0) is 13.5. The van der Waals surface area contributed by atoms with Crippen LogP contribution in [0.5, 0.6) is 0 Å². The maximum absolute atomic E-state index is 10.2. The van der Waals surface area contributed by atoms with Crippen LogP contribution in [0.1, 0.15) is 43.9 Å². The molecular formula is C16H27NO. The van der Waals surface area contributed by atoms with Gasteiger partial charge in [0.1, 0.15) is 0 Å². The molecule has 1 unspecified atom stereocenters. The Kier molecular flexibility index (Phi) is 6.37. The van der Waals surface area contributed by atoms with Crippen molar-refractivity contribution in [2.24, 2.45) is 5.92 Å². The van der Waals surface area contributed by atoms with Crippen molar-refractivity contribution < 1.29 is 5.11 Å². The number of aliphatic hydroxyl groups is 1. The van der Waals surface area contributed by atoms with E-state index in [1.165, 1.54) is 12.0 Å². The highest BCUT2D eigenvalue weighted by Crippen LogP contribution is 2.20. The molecule has 1 N–H and O–H groups in total. The van der Waals surface area contributed by atoms with Crippen molar-refractivity contribution in [1.29, 1.82) is 0 Å². The summed E-state index contributed by atoms with van der Waals surface area (Å²) >= 11 is 0. The molecule has 0 bridgehead atoms. The molecule has 0 saturated carbocycles. The highest BCUT2D eigenvalue weighted by atomic mass is 16.3. The van der Waals surface area contributed by atoms with Gasteiger partial charge in [-0.3, -0.25) is 0 Å². The third kappa shape index (κ3) is 5.19. The average Bonchev–Trinajstić information content (AvgIpc) is 2.34. The third-order valence-electron chi connectivity index (χ3n) is 3.42. The maximum atomic E-state index is 10.2. The van der Waals surface area contributed by atoms with Gasteiger partial charge in [0.05, 0.1) is 6.10 Å². The summed E-state index contributed by atoms with van der Waals surface area (Å²) in [4.78, 5) is 2.31. The van der Waals surface area contributed by atoms with Crippen molar-refractivity contribution in [3.63, 3.8) is 0 Å². The Morgan fingerprint density at radius 1 is 1.11 bits per heavy atom. The minimum atomic E-state index is -0.340. The summed E-state index contributed by atoms with van der Waals surface area (Å²) in [5.41, 5.74) is 2.24. The Hall–Kier alpha value is -0.860. The second kappa shape index (κ2) is 7.55. The van der Waals surface area contributed by atoms with Crippen LogP contribution in [-0.4, -0.2) is 30.1 Å². The van der Waals surface area contributed by atoms with Gasteiger partial charge < -0.3 is 10.0 Å². The molecule has 18 heavy (non-hydrogen) atoms. The fraction of sp³-hybridized carbons (Fsp3) is 0.625. The zero-order valence-corrected chi connectivity index (χ0v) is 12.2. The van der Waals surface area contributed by atoms with Gasteiger partial charge >= 0.3 is 0 Å². The number of nitrogens with zero attached hydrogens (tertiary/aromatic N) is 1. The van der Waals surface area contributed by atoms with Gasteiger partial charge in [-0.1, -0.05) is 38.1 Å². The second-order valence-electron chi connectivity index (χ2n) is 5.65. The van der Waals surface area contributed by atoms with Crippen molar-refractivity contribution in [3.05, 3.63) is 35.4 Å². The van der Waals surface area contributed by atoms with Crippen LogP contribution in [0.15, 0.2) is 24.3 Å². The molecule has 0 aliphatic rings. The second-order valence-corrected chi connectivity index (χ2v) is 5.65. The van der Waals surface area contributed by atoms with Crippen LogP contribution in [0.3, 0.4) is 0 Å². The molecule has 1 aromatic rings. The highest BCUT2D eigenvalue weighted by molar-refractivity contribution is 5.27.